The second-order valence-electron chi connectivity index (χ2n) is 7.55. The Bertz CT molecular complexity index is 624. The maximum absolute atomic E-state index is 12.1. The molecule has 0 saturated heterocycles. The van der Waals surface area contributed by atoms with Gasteiger partial charge in [0, 0.05) is 11.4 Å². The largest absolute Gasteiger partial charge is 0.444 e. The lowest BCUT2D eigenvalue weighted by Crippen LogP contribution is -2.48. The number of alkyl carbamates (subject to hydrolysis) is 1. The zero-order chi connectivity index (χ0) is 20.0. The third-order valence-electron chi connectivity index (χ3n) is 3.18. The molecule has 0 spiro atoms. The van der Waals surface area contributed by atoms with Gasteiger partial charge < -0.3 is 25.7 Å². The molecule has 0 aliphatic heterocycles. The molecule has 1 aromatic carbocycles. The van der Waals surface area contributed by atoms with Gasteiger partial charge in [-0.1, -0.05) is 28.9 Å². The van der Waals surface area contributed by atoms with Crippen molar-refractivity contribution in [1.82, 2.24) is 5.32 Å². The van der Waals surface area contributed by atoms with Crippen molar-refractivity contribution in [2.75, 3.05) is 6.61 Å². The van der Waals surface area contributed by atoms with Crippen molar-refractivity contribution in [3.05, 3.63) is 34.9 Å². The summed E-state index contributed by atoms with van der Waals surface area (Å²) in [7, 11) is 0. The molecule has 146 valence electrons. The number of aliphatic hydroxyl groups is 1. The molecule has 0 saturated carbocycles. The summed E-state index contributed by atoms with van der Waals surface area (Å²) in [4.78, 5) is 17.4. The van der Waals surface area contributed by atoms with E-state index in [1.54, 1.807) is 46.8 Å². The molecule has 7 nitrogen and oxygen atoms in total. The normalized spacial score (nSPS) is 13.9. The van der Waals surface area contributed by atoms with Gasteiger partial charge in [0.1, 0.15) is 5.60 Å². The Morgan fingerprint density at radius 2 is 1.85 bits per heavy atom. The minimum Gasteiger partial charge on any atom is -0.444 e. The van der Waals surface area contributed by atoms with Gasteiger partial charge in [0.2, 0.25) is 0 Å². The van der Waals surface area contributed by atoms with E-state index in [0.29, 0.717) is 11.4 Å². The first-order valence-electron chi connectivity index (χ1n) is 8.28. The van der Waals surface area contributed by atoms with Crippen LogP contribution in [0.5, 0.6) is 0 Å². The Balaban J connectivity index is 2.94. The SMILES string of the molecule is CC(C)(C)OC(=O)N[C@@H](Cc1ccc(Cl)cc1)/C(N)=N/OC(C)(C)CO. The van der Waals surface area contributed by atoms with Crippen molar-refractivity contribution in [2.45, 2.75) is 58.3 Å². The molecule has 4 N–H and O–H groups in total. The first kappa shape index (κ1) is 22.1. The number of rotatable bonds is 7. The van der Waals surface area contributed by atoms with Crippen LogP contribution >= 0.6 is 11.6 Å². The maximum atomic E-state index is 12.1. The number of oxime groups is 1. The van der Waals surface area contributed by atoms with E-state index in [9.17, 15) is 9.90 Å². The van der Waals surface area contributed by atoms with Gasteiger partial charge in [-0.05, 0) is 52.3 Å². The molecular formula is C18H28ClN3O4. The average molecular weight is 386 g/mol. The van der Waals surface area contributed by atoms with Crippen LogP contribution in [0.25, 0.3) is 0 Å². The predicted octanol–water partition coefficient (Wildman–Crippen LogP) is 2.84. The van der Waals surface area contributed by atoms with Crippen LogP contribution in [0.2, 0.25) is 5.02 Å². The van der Waals surface area contributed by atoms with E-state index in [4.69, 9.17) is 26.9 Å². The molecule has 1 rings (SSSR count). The number of halogens is 1. The molecule has 8 heteroatoms. The number of carbonyl (C=O) groups excluding carboxylic acids is 1. The maximum Gasteiger partial charge on any atom is 0.408 e. The highest BCUT2D eigenvalue weighted by Crippen LogP contribution is 2.13. The minimum atomic E-state index is -0.888. The van der Waals surface area contributed by atoms with Crippen molar-refractivity contribution in [1.29, 1.82) is 0 Å². The minimum absolute atomic E-state index is 0.0623. The molecule has 0 aliphatic carbocycles. The molecule has 0 bridgehead atoms. The zero-order valence-corrected chi connectivity index (χ0v) is 16.6. The lowest BCUT2D eigenvalue weighted by atomic mass is 10.1. The molecule has 26 heavy (non-hydrogen) atoms. The molecule has 0 aliphatic rings. The van der Waals surface area contributed by atoms with Crippen molar-refractivity contribution in [3.63, 3.8) is 0 Å². The summed E-state index contributed by atoms with van der Waals surface area (Å²) in [6.07, 6.45) is -0.245. The van der Waals surface area contributed by atoms with Crippen LogP contribution in [0.1, 0.15) is 40.2 Å². The Kier molecular flexibility index (Phi) is 7.71. The second-order valence-corrected chi connectivity index (χ2v) is 7.99. The standard InChI is InChI=1S/C18H28ClN3O4/c1-17(2,3)25-16(24)21-14(10-12-6-8-13(19)9-7-12)15(20)22-26-18(4,5)11-23/h6-9,14,23H,10-11H2,1-5H3,(H2,20,22)(H,21,24)/t14-/m0/s1. The Morgan fingerprint density at radius 1 is 1.27 bits per heavy atom. The number of amidine groups is 1. The lowest BCUT2D eigenvalue weighted by Gasteiger charge is -2.24. The van der Waals surface area contributed by atoms with Crippen LogP contribution in [-0.2, 0) is 16.0 Å². The number of carbonyl (C=O) groups is 1. The molecule has 1 atom stereocenters. The van der Waals surface area contributed by atoms with Gasteiger partial charge in [0.05, 0.1) is 12.6 Å². The molecule has 0 radical (unpaired) electrons. The van der Waals surface area contributed by atoms with E-state index in [0.717, 1.165) is 5.56 Å². The summed E-state index contributed by atoms with van der Waals surface area (Å²) < 4.78 is 5.28. The van der Waals surface area contributed by atoms with E-state index in [1.807, 2.05) is 12.1 Å². The highest BCUT2D eigenvalue weighted by molar-refractivity contribution is 6.30. The zero-order valence-electron chi connectivity index (χ0n) is 15.9. The molecule has 1 aromatic rings. The second kappa shape index (κ2) is 9.09. The van der Waals surface area contributed by atoms with Crippen molar-refractivity contribution in [2.24, 2.45) is 10.9 Å². The highest BCUT2D eigenvalue weighted by Gasteiger charge is 2.24. The van der Waals surface area contributed by atoms with E-state index in [-0.39, 0.29) is 12.4 Å². The third-order valence-corrected chi connectivity index (χ3v) is 3.43. The number of aliphatic hydroxyl groups excluding tert-OH is 1. The van der Waals surface area contributed by atoms with E-state index < -0.39 is 23.3 Å². The molecule has 0 aromatic heterocycles. The number of benzene rings is 1. The summed E-state index contributed by atoms with van der Waals surface area (Å²) in [6.45, 7) is 8.41. The monoisotopic (exact) mass is 385 g/mol. The van der Waals surface area contributed by atoms with Gasteiger partial charge >= 0.3 is 6.09 Å². The Hall–Kier alpha value is -1.99. The van der Waals surface area contributed by atoms with Crippen molar-refractivity contribution >= 4 is 23.5 Å². The van der Waals surface area contributed by atoms with Crippen LogP contribution in [0.15, 0.2) is 29.4 Å². The van der Waals surface area contributed by atoms with Gasteiger partial charge in [-0.3, -0.25) is 0 Å². The first-order chi connectivity index (χ1) is 11.9. The van der Waals surface area contributed by atoms with Crippen LogP contribution in [0, 0.1) is 0 Å². The van der Waals surface area contributed by atoms with Crippen LogP contribution in [0.3, 0.4) is 0 Å². The molecule has 0 unspecified atom stereocenters. The average Bonchev–Trinajstić information content (AvgIpc) is 2.52. The number of nitrogens with two attached hydrogens (primary N) is 1. The van der Waals surface area contributed by atoms with Crippen LogP contribution in [-0.4, -0.2) is 40.9 Å². The van der Waals surface area contributed by atoms with E-state index in [1.165, 1.54) is 0 Å². The number of nitrogens with one attached hydrogen (secondary N) is 1. The summed E-state index contributed by atoms with van der Waals surface area (Å²) >= 11 is 5.90. The fraction of sp³-hybridized carbons (Fsp3) is 0.556. The third kappa shape index (κ3) is 8.40. The van der Waals surface area contributed by atoms with Gasteiger partial charge in [-0.2, -0.15) is 0 Å². The van der Waals surface area contributed by atoms with Gasteiger partial charge in [-0.15, -0.1) is 0 Å². The van der Waals surface area contributed by atoms with E-state index in [2.05, 4.69) is 10.5 Å². The Labute approximate surface area is 159 Å². The molecular weight excluding hydrogens is 358 g/mol. The summed E-state index contributed by atoms with van der Waals surface area (Å²) in [5, 5.41) is 16.4. The summed E-state index contributed by atoms with van der Waals surface area (Å²) in [5.41, 5.74) is 5.38. The first-order valence-corrected chi connectivity index (χ1v) is 8.66. The van der Waals surface area contributed by atoms with E-state index >= 15 is 0 Å². The summed E-state index contributed by atoms with van der Waals surface area (Å²) in [5.74, 6) is 0.0623. The van der Waals surface area contributed by atoms with Crippen LogP contribution in [0.4, 0.5) is 4.79 Å². The fourth-order valence-electron chi connectivity index (χ4n) is 1.80. The van der Waals surface area contributed by atoms with Gasteiger partial charge in [-0.25, -0.2) is 4.79 Å². The lowest BCUT2D eigenvalue weighted by molar-refractivity contribution is -0.0520. The fourth-order valence-corrected chi connectivity index (χ4v) is 1.93. The molecule has 1 amide bonds. The number of ether oxygens (including phenoxy) is 1. The van der Waals surface area contributed by atoms with Crippen molar-refractivity contribution < 1.29 is 19.5 Å². The smallest absolute Gasteiger partial charge is 0.408 e. The predicted molar refractivity (Wildman–Crippen MR) is 102 cm³/mol. The number of hydrogen-bond acceptors (Lipinski definition) is 5. The number of nitrogens with zero attached hydrogens (tertiary/aromatic N) is 1. The van der Waals surface area contributed by atoms with Crippen molar-refractivity contribution in [3.8, 4) is 0 Å². The Morgan fingerprint density at radius 3 is 2.35 bits per heavy atom. The van der Waals surface area contributed by atoms with Crippen LogP contribution < -0.4 is 11.1 Å². The molecule has 0 heterocycles. The van der Waals surface area contributed by atoms with Gasteiger partial charge in [0.15, 0.2) is 11.4 Å². The van der Waals surface area contributed by atoms with Gasteiger partial charge in [0.25, 0.3) is 0 Å². The quantitative estimate of drug-likeness (QED) is 0.380. The highest BCUT2D eigenvalue weighted by atomic mass is 35.5. The topological polar surface area (TPSA) is 106 Å². The number of amides is 1. The molecule has 0 fully saturated rings. The number of hydrogen-bond donors (Lipinski definition) is 3. The summed E-state index contributed by atoms with van der Waals surface area (Å²) in [6, 6.07) is 6.51.